The van der Waals surface area contributed by atoms with Crippen LogP contribution in [0.5, 0.6) is 5.75 Å². The third-order valence-corrected chi connectivity index (χ3v) is 2.61. The lowest BCUT2D eigenvalue weighted by Gasteiger charge is -2.06. The molecule has 0 aliphatic heterocycles. The Labute approximate surface area is 84.2 Å². The zero-order valence-electron chi connectivity index (χ0n) is 6.87. The quantitative estimate of drug-likeness (QED) is 0.762. The van der Waals surface area contributed by atoms with Gasteiger partial charge in [-0.3, -0.25) is 9.78 Å². The highest BCUT2D eigenvalue weighted by Gasteiger charge is 2.24. The molecule has 0 radical (unpaired) electrons. The Bertz CT molecular complexity index is 336. The summed E-state index contributed by atoms with van der Waals surface area (Å²) in [5.74, 6) is 0.708. The summed E-state index contributed by atoms with van der Waals surface area (Å²) >= 11 is 3.28. The lowest BCUT2D eigenvalue weighted by atomic mass is 10.3. The molecule has 13 heavy (non-hydrogen) atoms. The van der Waals surface area contributed by atoms with Crippen LogP contribution in [0.15, 0.2) is 16.7 Å². The van der Waals surface area contributed by atoms with Crippen molar-refractivity contribution in [2.24, 2.45) is 0 Å². The molecule has 0 atom stereocenters. The monoisotopic (exact) mass is 241 g/mol. The van der Waals surface area contributed by atoms with Gasteiger partial charge >= 0.3 is 0 Å². The van der Waals surface area contributed by atoms with Gasteiger partial charge in [-0.15, -0.1) is 0 Å². The first-order chi connectivity index (χ1) is 6.31. The maximum atomic E-state index is 10.5. The smallest absolute Gasteiger partial charge is 0.169 e. The number of halogens is 1. The summed E-state index contributed by atoms with van der Waals surface area (Å²) in [4.78, 5) is 14.4. The van der Waals surface area contributed by atoms with Gasteiger partial charge in [0.25, 0.3) is 0 Å². The third-order valence-electron chi connectivity index (χ3n) is 1.81. The van der Waals surface area contributed by atoms with Gasteiger partial charge in [0.1, 0.15) is 11.4 Å². The number of aldehydes is 1. The molecule has 4 heteroatoms. The highest BCUT2D eigenvalue weighted by Crippen LogP contribution is 2.32. The first-order valence-electron chi connectivity index (χ1n) is 4.07. The average Bonchev–Trinajstić information content (AvgIpc) is 2.92. The Morgan fingerprint density at radius 3 is 3.00 bits per heavy atom. The number of carbonyl (C=O) groups is 1. The van der Waals surface area contributed by atoms with Gasteiger partial charge in [0.2, 0.25) is 0 Å². The van der Waals surface area contributed by atoms with E-state index in [9.17, 15) is 4.79 Å². The van der Waals surface area contributed by atoms with Crippen molar-refractivity contribution in [3.63, 3.8) is 0 Å². The van der Waals surface area contributed by atoms with Crippen LogP contribution in [0.4, 0.5) is 0 Å². The second-order valence-corrected chi connectivity index (χ2v) is 3.74. The number of hydrogen-bond acceptors (Lipinski definition) is 3. The molecule has 2 rings (SSSR count). The van der Waals surface area contributed by atoms with Crippen molar-refractivity contribution >= 4 is 22.2 Å². The summed E-state index contributed by atoms with van der Waals surface area (Å²) in [5.41, 5.74) is 0.387. The molecule has 68 valence electrons. The summed E-state index contributed by atoms with van der Waals surface area (Å²) in [5, 5.41) is 0. The molecule has 0 bridgehead atoms. The van der Waals surface area contributed by atoms with Gasteiger partial charge in [0.15, 0.2) is 6.29 Å². The molecule has 1 aliphatic rings. The Kier molecular flexibility index (Phi) is 2.31. The lowest BCUT2D eigenvalue weighted by molar-refractivity contribution is 0.111. The van der Waals surface area contributed by atoms with E-state index in [0.29, 0.717) is 28.3 Å². The van der Waals surface area contributed by atoms with Gasteiger partial charge in [-0.25, -0.2) is 0 Å². The molecule has 0 unspecified atom stereocenters. The number of nitrogens with zero attached hydrogens (tertiary/aromatic N) is 1. The van der Waals surface area contributed by atoms with Crippen molar-refractivity contribution < 1.29 is 9.53 Å². The average molecular weight is 242 g/mol. The van der Waals surface area contributed by atoms with Gasteiger partial charge in [-0.05, 0) is 34.8 Å². The Morgan fingerprint density at radius 1 is 1.62 bits per heavy atom. The summed E-state index contributed by atoms with van der Waals surface area (Å²) in [6.07, 6.45) is 4.82. The van der Waals surface area contributed by atoms with Crippen molar-refractivity contribution in [3.05, 3.63) is 22.4 Å². The maximum Gasteiger partial charge on any atom is 0.169 e. The molecule has 0 spiro atoms. The van der Waals surface area contributed by atoms with E-state index in [1.165, 1.54) is 0 Å². The number of aromatic nitrogens is 1. The molecular formula is C9H8BrNO2. The van der Waals surface area contributed by atoms with Crippen LogP contribution in [-0.4, -0.2) is 17.4 Å². The van der Waals surface area contributed by atoms with E-state index in [0.717, 1.165) is 12.8 Å². The molecule has 1 aromatic heterocycles. The second kappa shape index (κ2) is 3.46. The predicted molar refractivity (Wildman–Crippen MR) is 51.0 cm³/mol. The van der Waals surface area contributed by atoms with Crippen molar-refractivity contribution in [1.29, 1.82) is 0 Å². The minimum absolute atomic E-state index is 0.332. The number of pyridine rings is 1. The normalized spacial score (nSPS) is 15.5. The number of hydrogen-bond donors (Lipinski definition) is 0. The topological polar surface area (TPSA) is 39.2 Å². The van der Waals surface area contributed by atoms with E-state index >= 15 is 0 Å². The molecule has 0 saturated heterocycles. The van der Waals surface area contributed by atoms with E-state index in [-0.39, 0.29) is 0 Å². The fourth-order valence-corrected chi connectivity index (χ4v) is 1.40. The van der Waals surface area contributed by atoms with Crippen LogP contribution in [0, 0.1) is 0 Å². The van der Waals surface area contributed by atoms with Crippen LogP contribution in [0.1, 0.15) is 23.3 Å². The van der Waals surface area contributed by atoms with Crippen molar-refractivity contribution in [1.82, 2.24) is 4.98 Å². The second-order valence-electron chi connectivity index (χ2n) is 2.94. The Morgan fingerprint density at radius 2 is 2.38 bits per heavy atom. The van der Waals surface area contributed by atoms with E-state index in [2.05, 4.69) is 20.9 Å². The van der Waals surface area contributed by atoms with Crippen LogP contribution in [-0.2, 0) is 0 Å². The highest BCUT2D eigenvalue weighted by molar-refractivity contribution is 9.10. The van der Waals surface area contributed by atoms with E-state index in [4.69, 9.17) is 4.74 Å². The fourth-order valence-electron chi connectivity index (χ4n) is 0.980. The third kappa shape index (κ3) is 1.88. The maximum absolute atomic E-state index is 10.5. The highest BCUT2D eigenvalue weighted by atomic mass is 79.9. The summed E-state index contributed by atoms with van der Waals surface area (Å²) in [6.45, 7) is 0. The zero-order valence-corrected chi connectivity index (χ0v) is 8.45. The molecule has 1 aliphatic carbocycles. The summed E-state index contributed by atoms with van der Waals surface area (Å²) in [6, 6.07) is 1.76. The van der Waals surface area contributed by atoms with Gasteiger partial charge < -0.3 is 4.74 Å². The van der Waals surface area contributed by atoms with Gasteiger partial charge in [-0.2, -0.15) is 0 Å². The molecule has 1 fully saturated rings. The number of rotatable bonds is 3. The van der Waals surface area contributed by atoms with Gasteiger partial charge in [0.05, 0.1) is 10.6 Å². The summed E-state index contributed by atoms with van der Waals surface area (Å²) < 4.78 is 6.20. The zero-order chi connectivity index (χ0) is 9.26. The number of ether oxygens (including phenoxy) is 1. The van der Waals surface area contributed by atoms with E-state index < -0.39 is 0 Å². The SMILES string of the molecule is O=Cc1nccc(OC2CC2)c1Br. The van der Waals surface area contributed by atoms with Crippen LogP contribution < -0.4 is 4.74 Å². The largest absolute Gasteiger partial charge is 0.489 e. The predicted octanol–water partition coefficient (Wildman–Crippen LogP) is 2.20. The van der Waals surface area contributed by atoms with Crippen LogP contribution in [0.3, 0.4) is 0 Å². The van der Waals surface area contributed by atoms with Crippen molar-refractivity contribution in [3.8, 4) is 5.75 Å². The lowest BCUT2D eigenvalue weighted by Crippen LogP contribution is -1.99. The van der Waals surface area contributed by atoms with Crippen LogP contribution in [0.2, 0.25) is 0 Å². The molecule has 0 aromatic carbocycles. The molecule has 3 nitrogen and oxygen atoms in total. The summed E-state index contributed by atoms with van der Waals surface area (Å²) in [7, 11) is 0. The minimum Gasteiger partial charge on any atom is -0.489 e. The molecular weight excluding hydrogens is 234 g/mol. The number of carbonyl (C=O) groups excluding carboxylic acids is 1. The molecule has 0 amide bonds. The molecule has 0 N–H and O–H groups in total. The Balaban J connectivity index is 2.27. The van der Waals surface area contributed by atoms with Crippen LogP contribution >= 0.6 is 15.9 Å². The van der Waals surface area contributed by atoms with E-state index in [1.54, 1.807) is 12.3 Å². The molecule has 1 heterocycles. The fraction of sp³-hybridized carbons (Fsp3) is 0.333. The molecule has 1 aromatic rings. The first-order valence-corrected chi connectivity index (χ1v) is 4.87. The van der Waals surface area contributed by atoms with Gasteiger partial charge in [-0.1, -0.05) is 0 Å². The van der Waals surface area contributed by atoms with Crippen molar-refractivity contribution in [2.45, 2.75) is 18.9 Å². The van der Waals surface area contributed by atoms with Gasteiger partial charge in [0, 0.05) is 6.20 Å². The van der Waals surface area contributed by atoms with E-state index in [1.807, 2.05) is 0 Å². The standard InChI is InChI=1S/C9H8BrNO2/c10-9-7(5-12)11-4-3-8(9)13-6-1-2-6/h3-6H,1-2H2. The minimum atomic E-state index is 0.332. The Hall–Kier alpha value is -0.900. The van der Waals surface area contributed by atoms with Crippen LogP contribution in [0.25, 0.3) is 0 Å². The first kappa shape index (κ1) is 8.69. The molecule has 1 saturated carbocycles. The van der Waals surface area contributed by atoms with Crippen molar-refractivity contribution in [2.75, 3.05) is 0 Å².